The normalized spacial score (nSPS) is 10.4. The van der Waals surface area contributed by atoms with Crippen molar-refractivity contribution >= 4 is 17.6 Å². The van der Waals surface area contributed by atoms with Crippen LogP contribution in [-0.4, -0.2) is 17.7 Å². The lowest BCUT2D eigenvalue weighted by Gasteiger charge is -2.12. The molecule has 0 aliphatic rings. The third-order valence-electron chi connectivity index (χ3n) is 4.21. The van der Waals surface area contributed by atoms with Crippen LogP contribution in [0.5, 0.6) is 5.75 Å². The molecule has 0 fully saturated rings. The number of nitrogens with zero attached hydrogens (tertiary/aromatic N) is 1. The van der Waals surface area contributed by atoms with E-state index < -0.39 is 0 Å². The molecule has 0 radical (unpaired) electrons. The van der Waals surface area contributed by atoms with E-state index in [9.17, 15) is 4.79 Å². The fourth-order valence-electron chi connectivity index (χ4n) is 2.75. The SMILES string of the molecule is COc1cccc(CNC(=O)NCc2cccn2Cc2ccc(Cl)cc2)c1. The highest BCUT2D eigenvalue weighted by molar-refractivity contribution is 6.30. The molecule has 1 aromatic heterocycles. The predicted molar refractivity (Wildman–Crippen MR) is 107 cm³/mol. The van der Waals surface area contributed by atoms with Gasteiger partial charge >= 0.3 is 6.03 Å². The number of ether oxygens (including phenoxy) is 1. The van der Waals surface area contributed by atoms with Gasteiger partial charge in [0.05, 0.1) is 13.7 Å². The first-order chi connectivity index (χ1) is 13.1. The van der Waals surface area contributed by atoms with Gasteiger partial charge in [0.1, 0.15) is 5.75 Å². The summed E-state index contributed by atoms with van der Waals surface area (Å²) in [6, 6.07) is 19.1. The third-order valence-corrected chi connectivity index (χ3v) is 4.46. The minimum absolute atomic E-state index is 0.211. The standard InChI is InChI=1S/C21H22ClN3O2/c1-27-20-6-2-4-17(12-20)13-23-21(26)24-14-19-5-3-11-25(19)15-16-7-9-18(22)10-8-16/h2-12H,13-15H2,1H3,(H2,23,24,26). The molecule has 6 heteroatoms. The van der Waals surface area contributed by atoms with Crippen LogP contribution in [0.2, 0.25) is 5.02 Å². The first-order valence-corrected chi connectivity index (χ1v) is 9.05. The Morgan fingerprint density at radius 3 is 2.56 bits per heavy atom. The number of hydrogen-bond donors (Lipinski definition) is 2. The molecule has 0 unspecified atom stereocenters. The molecule has 1 heterocycles. The van der Waals surface area contributed by atoms with Crippen LogP contribution in [0, 0.1) is 0 Å². The van der Waals surface area contributed by atoms with Gasteiger partial charge in [0, 0.05) is 30.0 Å². The summed E-state index contributed by atoms with van der Waals surface area (Å²) in [6.07, 6.45) is 2.00. The molecule has 0 spiro atoms. The lowest BCUT2D eigenvalue weighted by atomic mass is 10.2. The Morgan fingerprint density at radius 1 is 1.00 bits per heavy atom. The number of nitrogens with one attached hydrogen (secondary N) is 2. The van der Waals surface area contributed by atoms with E-state index in [1.54, 1.807) is 7.11 Å². The lowest BCUT2D eigenvalue weighted by Crippen LogP contribution is -2.35. The molecule has 140 valence electrons. The summed E-state index contributed by atoms with van der Waals surface area (Å²) in [7, 11) is 1.62. The van der Waals surface area contributed by atoms with E-state index in [-0.39, 0.29) is 6.03 Å². The number of methoxy groups -OCH3 is 1. The van der Waals surface area contributed by atoms with Gasteiger partial charge in [-0.2, -0.15) is 0 Å². The molecule has 2 aromatic carbocycles. The maximum atomic E-state index is 12.1. The van der Waals surface area contributed by atoms with Crippen LogP contribution in [0.4, 0.5) is 4.79 Å². The number of halogens is 1. The zero-order valence-electron chi connectivity index (χ0n) is 15.1. The quantitative estimate of drug-likeness (QED) is 0.642. The number of urea groups is 1. The van der Waals surface area contributed by atoms with Crippen molar-refractivity contribution in [2.24, 2.45) is 0 Å². The van der Waals surface area contributed by atoms with Crippen molar-refractivity contribution in [3.8, 4) is 5.75 Å². The van der Waals surface area contributed by atoms with Crippen molar-refractivity contribution in [2.75, 3.05) is 7.11 Å². The van der Waals surface area contributed by atoms with Crippen LogP contribution in [0.3, 0.4) is 0 Å². The summed E-state index contributed by atoms with van der Waals surface area (Å²) >= 11 is 5.93. The smallest absolute Gasteiger partial charge is 0.315 e. The van der Waals surface area contributed by atoms with E-state index in [1.807, 2.05) is 66.9 Å². The maximum absolute atomic E-state index is 12.1. The van der Waals surface area contributed by atoms with E-state index in [2.05, 4.69) is 15.2 Å². The van der Waals surface area contributed by atoms with Crippen LogP contribution in [0.1, 0.15) is 16.8 Å². The molecule has 3 rings (SSSR count). The molecule has 0 saturated carbocycles. The Kier molecular flexibility index (Phi) is 6.39. The first kappa shape index (κ1) is 18.9. The van der Waals surface area contributed by atoms with E-state index in [4.69, 9.17) is 16.3 Å². The van der Waals surface area contributed by atoms with E-state index in [1.165, 1.54) is 0 Å². The van der Waals surface area contributed by atoms with Crippen LogP contribution >= 0.6 is 11.6 Å². The fraction of sp³-hybridized carbons (Fsp3) is 0.190. The molecule has 5 nitrogen and oxygen atoms in total. The van der Waals surface area contributed by atoms with Crippen LogP contribution in [-0.2, 0) is 19.6 Å². The van der Waals surface area contributed by atoms with Gasteiger partial charge in [-0.15, -0.1) is 0 Å². The van der Waals surface area contributed by atoms with Gasteiger partial charge in [-0.3, -0.25) is 0 Å². The summed E-state index contributed by atoms with van der Waals surface area (Å²) < 4.78 is 7.29. The van der Waals surface area contributed by atoms with Gasteiger partial charge in [0.25, 0.3) is 0 Å². The van der Waals surface area contributed by atoms with Gasteiger partial charge in [-0.1, -0.05) is 35.9 Å². The summed E-state index contributed by atoms with van der Waals surface area (Å²) in [4.78, 5) is 12.1. The highest BCUT2D eigenvalue weighted by atomic mass is 35.5. The van der Waals surface area contributed by atoms with Gasteiger partial charge in [-0.25, -0.2) is 4.79 Å². The number of carbonyl (C=O) groups excluding carboxylic acids is 1. The summed E-state index contributed by atoms with van der Waals surface area (Å²) in [5.41, 5.74) is 3.16. The zero-order valence-corrected chi connectivity index (χ0v) is 15.9. The molecule has 2 amide bonds. The van der Waals surface area contributed by atoms with E-state index in [0.29, 0.717) is 13.1 Å². The molecule has 0 aliphatic carbocycles. The highest BCUT2D eigenvalue weighted by Gasteiger charge is 2.05. The number of rotatable bonds is 7. The lowest BCUT2D eigenvalue weighted by molar-refractivity contribution is 0.240. The summed E-state index contributed by atoms with van der Waals surface area (Å²) in [5.74, 6) is 0.773. The number of hydrogen-bond acceptors (Lipinski definition) is 2. The number of aromatic nitrogens is 1. The predicted octanol–water partition coefficient (Wildman–Crippen LogP) is 4.20. The number of amides is 2. The fourth-order valence-corrected chi connectivity index (χ4v) is 2.87. The highest BCUT2D eigenvalue weighted by Crippen LogP contribution is 2.13. The minimum Gasteiger partial charge on any atom is -0.497 e. The average molecular weight is 384 g/mol. The molecule has 0 aliphatic heterocycles. The molecular weight excluding hydrogens is 362 g/mol. The summed E-state index contributed by atoms with van der Waals surface area (Å²) in [5, 5.41) is 6.48. The molecule has 0 bridgehead atoms. The Balaban J connectivity index is 1.50. The van der Waals surface area contributed by atoms with Crippen molar-refractivity contribution < 1.29 is 9.53 Å². The zero-order chi connectivity index (χ0) is 19.1. The van der Waals surface area contributed by atoms with E-state index >= 15 is 0 Å². The second-order valence-electron chi connectivity index (χ2n) is 6.14. The van der Waals surface area contributed by atoms with Gasteiger partial charge in [0.15, 0.2) is 0 Å². The molecule has 0 saturated heterocycles. The van der Waals surface area contributed by atoms with Crippen molar-refractivity contribution in [1.29, 1.82) is 0 Å². The Hall–Kier alpha value is -2.92. The molecule has 3 aromatic rings. The molecule has 0 atom stereocenters. The van der Waals surface area contributed by atoms with Crippen molar-refractivity contribution in [3.05, 3.63) is 88.7 Å². The van der Waals surface area contributed by atoms with Gasteiger partial charge < -0.3 is 19.9 Å². The van der Waals surface area contributed by atoms with Crippen molar-refractivity contribution in [1.82, 2.24) is 15.2 Å². The average Bonchev–Trinajstić information content (AvgIpc) is 3.13. The van der Waals surface area contributed by atoms with Crippen molar-refractivity contribution in [2.45, 2.75) is 19.6 Å². The minimum atomic E-state index is -0.211. The monoisotopic (exact) mass is 383 g/mol. The molecule has 27 heavy (non-hydrogen) atoms. The largest absolute Gasteiger partial charge is 0.497 e. The Morgan fingerprint density at radius 2 is 1.78 bits per heavy atom. The van der Waals surface area contributed by atoms with Gasteiger partial charge in [0.2, 0.25) is 0 Å². The third kappa shape index (κ3) is 5.53. The molecular formula is C21H22ClN3O2. The topological polar surface area (TPSA) is 55.3 Å². The first-order valence-electron chi connectivity index (χ1n) is 8.67. The number of benzene rings is 2. The van der Waals surface area contributed by atoms with E-state index in [0.717, 1.165) is 34.1 Å². The number of carbonyl (C=O) groups is 1. The second-order valence-corrected chi connectivity index (χ2v) is 6.58. The second kappa shape index (κ2) is 9.14. The van der Waals surface area contributed by atoms with Crippen molar-refractivity contribution in [3.63, 3.8) is 0 Å². The summed E-state index contributed by atoms with van der Waals surface area (Å²) in [6.45, 7) is 1.62. The van der Waals surface area contributed by atoms with Crippen LogP contribution in [0.25, 0.3) is 0 Å². The Labute approximate surface area is 163 Å². The van der Waals surface area contributed by atoms with Gasteiger partial charge in [-0.05, 0) is 47.5 Å². The van der Waals surface area contributed by atoms with Crippen LogP contribution in [0.15, 0.2) is 66.9 Å². The molecule has 2 N–H and O–H groups in total. The maximum Gasteiger partial charge on any atom is 0.315 e. The van der Waals surface area contributed by atoms with Crippen LogP contribution < -0.4 is 15.4 Å². The Bertz CT molecular complexity index is 890.